The monoisotopic (exact) mass is 267 g/mol. The van der Waals surface area contributed by atoms with Gasteiger partial charge in [0.2, 0.25) is 0 Å². The Kier molecular flexibility index (Phi) is 9.84. The number of ether oxygens (including phenoxy) is 1. The summed E-state index contributed by atoms with van der Waals surface area (Å²) in [5.74, 6) is 1.69. The van der Waals surface area contributed by atoms with Crippen LogP contribution in [0.25, 0.3) is 0 Å². The van der Waals surface area contributed by atoms with Crippen LogP contribution in [0.4, 0.5) is 0 Å². The molecule has 1 atom stereocenters. The van der Waals surface area contributed by atoms with E-state index >= 15 is 0 Å². The van der Waals surface area contributed by atoms with Gasteiger partial charge in [-0.1, -0.05) is 71.6 Å². The van der Waals surface area contributed by atoms with Gasteiger partial charge in [-0.2, -0.15) is 0 Å². The number of unbranched alkanes of at least 4 members (excludes halogenated alkanes) is 7. The van der Waals surface area contributed by atoms with Crippen molar-refractivity contribution in [2.24, 2.45) is 10.9 Å². The van der Waals surface area contributed by atoms with E-state index in [1.54, 1.807) is 0 Å². The maximum Gasteiger partial charge on any atom is 0.186 e. The Balaban J connectivity index is 2.20. The predicted molar refractivity (Wildman–Crippen MR) is 83.9 cm³/mol. The molecule has 2 heteroatoms. The van der Waals surface area contributed by atoms with E-state index in [0.29, 0.717) is 5.92 Å². The Morgan fingerprint density at radius 2 is 1.47 bits per heavy atom. The number of aliphatic imine (C=N–C) groups is 1. The Bertz CT molecular complexity index is 237. The van der Waals surface area contributed by atoms with Gasteiger partial charge < -0.3 is 4.74 Å². The summed E-state index contributed by atoms with van der Waals surface area (Å²) in [5.41, 5.74) is 0. The molecule has 0 aliphatic carbocycles. The van der Waals surface area contributed by atoms with Gasteiger partial charge in [-0.05, 0) is 12.8 Å². The summed E-state index contributed by atoms with van der Waals surface area (Å²) >= 11 is 0. The highest BCUT2D eigenvalue weighted by molar-refractivity contribution is 5.79. The SMILES string of the molecule is CCCCCCCC(CCCCCC)C1=NCCO1. The quantitative estimate of drug-likeness (QED) is 0.436. The summed E-state index contributed by atoms with van der Waals surface area (Å²) in [6, 6.07) is 0. The lowest BCUT2D eigenvalue weighted by Crippen LogP contribution is -2.15. The van der Waals surface area contributed by atoms with Gasteiger partial charge in [-0.15, -0.1) is 0 Å². The van der Waals surface area contributed by atoms with Gasteiger partial charge >= 0.3 is 0 Å². The summed E-state index contributed by atoms with van der Waals surface area (Å²) in [7, 11) is 0. The van der Waals surface area contributed by atoms with Gasteiger partial charge in [0.1, 0.15) is 6.61 Å². The van der Waals surface area contributed by atoms with Crippen molar-refractivity contribution in [2.45, 2.75) is 84.5 Å². The molecule has 0 aromatic heterocycles. The molecule has 1 heterocycles. The highest BCUT2D eigenvalue weighted by atomic mass is 16.5. The molecule has 1 unspecified atom stereocenters. The fraction of sp³-hybridized carbons (Fsp3) is 0.941. The number of nitrogens with zero attached hydrogens (tertiary/aromatic N) is 1. The minimum atomic E-state index is 0.612. The smallest absolute Gasteiger partial charge is 0.186 e. The molecule has 0 saturated heterocycles. The molecule has 1 aliphatic heterocycles. The van der Waals surface area contributed by atoms with Crippen LogP contribution in [-0.2, 0) is 4.74 Å². The Morgan fingerprint density at radius 1 is 0.895 bits per heavy atom. The maximum atomic E-state index is 5.70. The molecule has 1 aliphatic rings. The van der Waals surface area contributed by atoms with Gasteiger partial charge in [-0.25, -0.2) is 0 Å². The number of rotatable bonds is 12. The van der Waals surface area contributed by atoms with E-state index in [4.69, 9.17) is 4.74 Å². The van der Waals surface area contributed by atoms with Crippen LogP contribution < -0.4 is 0 Å². The number of hydrogen-bond acceptors (Lipinski definition) is 2. The van der Waals surface area contributed by atoms with E-state index < -0.39 is 0 Å². The normalized spacial score (nSPS) is 16.2. The van der Waals surface area contributed by atoms with E-state index in [1.165, 1.54) is 70.6 Å². The number of hydrogen-bond donors (Lipinski definition) is 0. The van der Waals surface area contributed by atoms with Gasteiger partial charge in [0.15, 0.2) is 5.90 Å². The highest BCUT2D eigenvalue weighted by Crippen LogP contribution is 2.22. The second-order valence-electron chi connectivity index (χ2n) is 5.82. The molecule has 0 radical (unpaired) electrons. The molecule has 0 amide bonds. The van der Waals surface area contributed by atoms with Crippen molar-refractivity contribution < 1.29 is 4.74 Å². The van der Waals surface area contributed by atoms with E-state index in [9.17, 15) is 0 Å². The molecule has 0 saturated carbocycles. The molecule has 0 fully saturated rings. The first-order valence-corrected chi connectivity index (χ1v) is 8.55. The minimum Gasteiger partial charge on any atom is -0.479 e. The summed E-state index contributed by atoms with van der Waals surface area (Å²) in [6.07, 6.45) is 14.8. The van der Waals surface area contributed by atoms with Crippen LogP contribution in [0.1, 0.15) is 84.5 Å². The molecule has 0 N–H and O–H groups in total. The zero-order chi connectivity index (χ0) is 13.8. The lowest BCUT2D eigenvalue weighted by atomic mass is 9.94. The highest BCUT2D eigenvalue weighted by Gasteiger charge is 2.19. The van der Waals surface area contributed by atoms with Gasteiger partial charge in [0, 0.05) is 5.92 Å². The van der Waals surface area contributed by atoms with Crippen molar-refractivity contribution in [3.63, 3.8) is 0 Å². The Labute approximate surface area is 120 Å². The molecule has 0 aromatic rings. The van der Waals surface area contributed by atoms with Crippen molar-refractivity contribution in [1.82, 2.24) is 0 Å². The van der Waals surface area contributed by atoms with Crippen LogP contribution >= 0.6 is 0 Å². The van der Waals surface area contributed by atoms with Crippen molar-refractivity contribution in [3.8, 4) is 0 Å². The molecule has 112 valence electrons. The minimum absolute atomic E-state index is 0.612. The fourth-order valence-electron chi connectivity index (χ4n) is 2.80. The van der Waals surface area contributed by atoms with Crippen LogP contribution in [-0.4, -0.2) is 19.0 Å². The molecular formula is C17H33NO. The summed E-state index contributed by atoms with van der Waals surface area (Å²) in [6.45, 7) is 6.25. The van der Waals surface area contributed by atoms with Crippen molar-refractivity contribution >= 4 is 5.90 Å². The van der Waals surface area contributed by atoms with E-state index in [1.807, 2.05) is 0 Å². The Morgan fingerprint density at radius 3 is 2.00 bits per heavy atom. The average molecular weight is 267 g/mol. The van der Waals surface area contributed by atoms with E-state index in [2.05, 4.69) is 18.8 Å². The average Bonchev–Trinajstić information content (AvgIpc) is 2.95. The second-order valence-corrected chi connectivity index (χ2v) is 5.82. The third kappa shape index (κ3) is 7.59. The van der Waals surface area contributed by atoms with Gasteiger partial charge in [0.05, 0.1) is 6.54 Å². The van der Waals surface area contributed by atoms with Crippen molar-refractivity contribution in [2.75, 3.05) is 13.2 Å². The Hall–Kier alpha value is -0.530. The largest absolute Gasteiger partial charge is 0.479 e. The maximum absolute atomic E-state index is 5.70. The van der Waals surface area contributed by atoms with Crippen LogP contribution in [0.3, 0.4) is 0 Å². The predicted octanol–water partition coefficient (Wildman–Crippen LogP) is 5.36. The lowest BCUT2D eigenvalue weighted by Gasteiger charge is -2.16. The van der Waals surface area contributed by atoms with E-state index in [-0.39, 0.29) is 0 Å². The lowest BCUT2D eigenvalue weighted by molar-refractivity contribution is 0.309. The molecular weight excluding hydrogens is 234 g/mol. The molecule has 0 bridgehead atoms. The molecule has 0 spiro atoms. The molecule has 1 rings (SSSR count). The molecule has 19 heavy (non-hydrogen) atoms. The van der Waals surface area contributed by atoms with Crippen LogP contribution in [0, 0.1) is 5.92 Å². The van der Waals surface area contributed by atoms with Crippen LogP contribution in [0.2, 0.25) is 0 Å². The standard InChI is InChI=1S/C17H33NO/c1-3-5-7-9-11-13-16(12-10-8-6-4-2)17-18-14-15-19-17/h16H,3-15H2,1-2H3. The third-order valence-electron chi connectivity index (χ3n) is 4.02. The zero-order valence-electron chi connectivity index (χ0n) is 13.1. The fourth-order valence-corrected chi connectivity index (χ4v) is 2.80. The zero-order valence-corrected chi connectivity index (χ0v) is 13.1. The summed E-state index contributed by atoms with van der Waals surface area (Å²) < 4.78 is 5.70. The van der Waals surface area contributed by atoms with Gasteiger partial charge in [-0.3, -0.25) is 4.99 Å². The second kappa shape index (κ2) is 11.3. The summed E-state index contributed by atoms with van der Waals surface area (Å²) in [4.78, 5) is 4.54. The molecule has 0 aromatic carbocycles. The van der Waals surface area contributed by atoms with E-state index in [0.717, 1.165) is 19.0 Å². The van der Waals surface area contributed by atoms with Crippen molar-refractivity contribution in [3.05, 3.63) is 0 Å². The molecule has 2 nitrogen and oxygen atoms in total. The van der Waals surface area contributed by atoms with Crippen molar-refractivity contribution in [1.29, 1.82) is 0 Å². The summed E-state index contributed by atoms with van der Waals surface area (Å²) in [5, 5.41) is 0. The third-order valence-corrected chi connectivity index (χ3v) is 4.02. The first-order chi connectivity index (χ1) is 9.38. The van der Waals surface area contributed by atoms with Crippen LogP contribution in [0.5, 0.6) is 0 Å². The van der Waals surface area contributed by atoms with Crippen LogP contribution in [0.15, 0.2) is 4.99 Å². The first-order valence-electron chi connectivity index (χ1n) is 8.55. The van der Waals surface area contributed by atoms with Gasteiger partial charge in [0.25, 0.3) is 0 Å². The topological polar surface area (TPSA) is 21.6 Å². The first kappa shape index (κ1) is 16.5.